The van der Waals surface area contributed by atoms with Gasteiger partial charge in [0.1, 0.15) is 14.9 Å². The number of nitrogens with zero attached hydrogens (tertiary/aromatic N) is 3. The Labute approximate surface area is 231 Å². The van der Waals surface area contributed by atoms with Crippen molar-refractivity contribution in [3.05, 3.63) is 72.3 Å². The highest BCUT2D eigenvalue weighted by Crippen LogP contribution is 2.28. The Balaban J connectivity index is 2.60. The van der Waals surface area contributed by atoms with Gasteiger partial charge in [-0.1, -0.05) is 108 Å². The first kappa shape index (κ1) is 31.5. The van der Waals surface area contributed by atoms with Crippen molar-refractivity contribution in [3.63, 3.8) is 0 Å². The molecule has 0 amide bonds. The van der Waals surface area contributed by atoms with Gasteiger partial charge in [-0.2, -0.15) is 0 Å². The van der Waals surface area contributed by atoms with Gasteiger partial charge in [-0.25, -0.2) is 0 Å². The summed E-state index contributed by atoms with van der Waals surface area (Å²) in [5, 5.41) is 1.55. The van der Waals surface area contributed by atoms with Crippen LogP contribution >= 0.6 is 0 Å². The molecule has 37 heavy (non-hydrogen) atoms. The van der Waals surface area contributed by atoms with Crippen LogP contribution in [0.15, 0.2) is 61.2 Å². The lowest BCUT2D eigenvalue weighted by atomic mass is 10.00. The molecule has 4 heteroatoms. The third kappa shape index (κ3) is 8.38. The second-order valence-corrected chi connectivity index (χ2v) is 12.6. The molecule has 0 saturated heterocycles. The molecule has 0 aliphatic heterocycles. The number of hydrogen-bond donors (Lipinski definition) is 0. The van der Waals surface area contributed by atoms with Crippen molar-refractivity contribution in [1.29, 1.82) is 0 Å². The van der Waals surface area contributed by atoms with Crippen LogP contribution in [0.25, 0.3) is 5.57 Å². The molecule has 2 rings (SSSR count). The van der Waals surface area contributed by atoms with Crippen molar-refractivity contribution in [2.45, 2.75) is 85.5 Å². The smallest absolute Gasteiger partial charge is 0.115 e. The molecule has 0 saturated carbocycles. The van der Waals surface area contributed by atoms with E-state index in [0.717, 1.165) is 44.8 Å². The number of rotatable bonds is 19. The maximum Gasteiger partial charge on any atom is 0.115 e. The zero-order valence-electron chi connectivity index (χ0n) is 24.9. The van der Waals surface area contributed by atoms with E-state index in [1.807, 2.05) is 0 Å². The van der Waals surface area contributed by atoms with E-state index in [1.54, 1.807) is 5.19 Å². The first-order valence-electron chi connectivity index (χ1n) is 15.1. The minimum Gasteiger partial charge on any atom is -0.276 e. The molecular formula is C33H55N3Si. The van der Waals surface area contributed by atoms with Gasteiger partial charge in [0.05, 0.1) is 0 Å². The fraction of sp³-hybridized carbons (Fsp3) is 0.576. The van der Waals surface area contributed by atoms with E-state index in [0.29, 0.717) is 0 Å². The molecule has 0 bridgehead atoms. The zero-order valence-corrected chi connectivity index (χ0v) is 26.4. The molecule has 0 heterocycles. The second-order valence-electron chi connectivity index (χ2n) is 10.5. The molecular weight excluding hydrogens is 466 g/mol. The Morgan fingerprint density at radius 1 is 0.568 bits per heavy atom. The number of benzene rings is 2. The molecule has 0 N–H and O–H groups in total. The SMILES string of the molecule is C=C(c1ccccc1)c1ccc([SiH2]C(N(CCC)CCC)(N(CCC)CCC)N(CCC)CCC)cc1. The van der Waals surface area contributed by atoms with Crippen molar-refractivity contribution in [2.24, 2.45) is 0 Å². The summed E-state index contributed by atoms with van der Waals surface area (Å²) in [7, 11) is -0.724. The fourth-order valence-corrected chi connectivity index (χ4v) is 8.51. The highest BCUT2D eigenvalue weighted by atomic mass is 28.2. The van der Waals surface area contributed by atoms with Gasteiger partial charge < -0.3 is 0 Å². The highest BCUT2D eigenvalue weighted by molar-refractivity contribution is 6.56. The Morgan fingerprint density at radius 3 is 1.27 bits per heavy atom. The summed E-state index contributed by atoms with van der Waals surface area (Å²) in [6.07, 6.45) is 7.19. The van der Waals surface area contributed by atoms with Crippen molar-refractivity contribution in [1.82, 2.24) is 14.7 Å². The molecule has 0 radical (unpaired) electrons. The normalized spacial score (nSPS) is 12.5. The largest absolute Gasteiger partial charge is 0.276 e. The van der Waals surface area contributed by atoms with E-state index >= 15 is 0 Å². The highest BCUT2D eigenvalue weighted by Gasteiger charge is 2.45. The second kappa shape index (κ2) is 17.0. The van der Waals surface area contributed by atoms with Gasteiger partial charge in [-0.15, -0.1) is 0 Å². The van der Waals surface area contributed by atoms with Gasteiger partial charge in [-0.05, 0) is 55.2 Å². The molecule has 0 aliphatic carbocycles. The standard InChI is InChI=1S/C33H55N3Si/c1-8-23-34(24-9-2)33(35(25-10-3)26-11-4,36(27-12-5)28-13-6)37-32-21-19-31(20-22-32)29(7)30-17-15-14-16-18-30/h14-22H,7-13,23-28,37H2,1-6H3. The van der Waals surface area contributed by atoms with E-state index in [9.17, 15) is 0 Å². The third-order valence-electron chi connectivity index (χ3n) is 7.35. The summed E-state index contributed by atoms with van der Waals surface area (Å²) in [6, 6.07) is 20.1. The van der Waals surface area contributed by atoms with Crippen LogP contribution in [-0.2, 0) is 0 Å². The van der Waals surface area contributed by atoms with E-state index in [1.165, 1.54) is 49.7 Å². The van der Waals surface area contributed by atoms with Gasteiger partial charge in [0.25, 0.3) is 0 Å². The Bertz CT molecular complexity index is 821. The summed E-state index contributed by atoms with van der Waals surface area (Å²) in [5.41, 5.74) is 3.57. The Hall–Kier alpha value is -1.72. The molecule has 0 aromatic heterocycles. The average molecular weight is 522 g/mol. The molecule has 0 fully saturated rings. The average Bonchev–Trinajstić information content (AvgIpc) is 2.92. The fourth-order valence-electron chi connectivity index (χ4n) is 5.87. The first-order valence-corrected chi connectivity index (χ1v) is 16.5. The van der Waals surface area contributed by atoms with Crippen LogP contribution in [-0.4, -0.2) is 68.9 Å². The van der Waals surface area contributed by atoms with Crippen LogP contribution in [0.1, 0.15) is 91.2 Å². The molecule has 3 nitrogen and oxygen atoms in total. The van der Waals surface area contributed by atoms with Crippen LogP contribution in [0.2, 0.25) is 0 Å². The molecule has 2 aromatic rings. The van der Waals surface area contributed by atoms with Crippen molar-refractivity contribution in [3.8, 4) is 0 Å². The van der Waals surface area contributed by atoms with Crippen molar-refractivity contribution < 1.29 is 0 Å². The maximum absolute atomic E-state index is 4.42. The molecule has 206 valence electrons. The topological polar surface area (TPSA) is 9.72 Å². The van der Waals surface area contributed by atoms with E-state index < -0.39 is 9.52 Å². The van der Waals surface area contributed by atoms with Gasteiger partial charge in [-0.3, -0.25) is 14.7 Å². The zero-order chi connectivity index (χ0) is 27.1. The molecule has 0 unspecified atom stereocenters. The van der Waals surface area contributed by atoms with Crippen LogP contribution in [0, 0.1) is 0 Å². The minimum atomic E-state index is -0.724. The van der Waals surface area contributed by atoms with E-state index in [-0.39, 0.29) is 5.41 Å². The van der Waals surface area contributed by atoms with Crippen molar-refractivity contribution in [2.75, 3.05) is 39.3 Å². The van der Waals surface area contributed by atoms with Gasteiger partial charge in [0, 0.05) is 39.3 Å². The van der Waals surface area contributed by atoms with Crippen LogP contribution in [0.3, 0.4) is 0 Å². The van der Waals surface area contributed by atoms with Gasteiger partial charge >= 0.3 is 0 Å². The Morgan fingerprint density at radius 2 is 0.919 bits per heavy atom. The summed E-state index contributed by atoms with van der Waals surface area (Å²) in [4.78, 5) is 8.69. The van der Waals surface area contributed by atoms with Gasteiger partial charge in [0.2, 0.25) is 0 Å². The maximum atomic E-state index is 4.42. The molecule has 0 spiro atoms. The summed E-state index contributed by atoms with van der Waals surface area (Å²) < 4.78 is 0. The lowest BCUT2D eigenvalue weighted by Gasteiger charge is -2.57. The lowest BCUT2D eigenvalue weighted by Crippen LogP contribution is -2.75. The number of hydrogen-bond acceptors (Lipinski definition) is 3. The predicted molar refractivity (Wildman–Crippen MR) is 168 cm³/mol. The quantitative estimate of drug-likeness (QED) is 0.154. The van der Waals surface area contributed by atoms with Gasteiger partial charge in [0.15, 0.2) is 0 Å². The molecule has 0 atom stereocenters. The molecule has 2 aromatic carbocycles. The van der Waals surface area contributed by atoms with Crippen LogP contribution in [0.5, 0.6) is 0 Å². The lowest BCUT2D eigenvalue weighted by molar-refractivity contribution is -0.112. The van der Waals surface area contributed by atoms with Crippen molar-refractivity contribution >= 4 is 20.3 Å². The first-order chi connectivity index (χ1) is 18.0. The van der Waals surface area contributed by atoms with Crippen LogP contribution < -0.4 is 5.19 Å². The van der Waals surface area contributed by atoms with Crippen LogP contribution in [0.4, 0.5) is 0 Å². The monoisotopic (exact) mass is 521 g/mol. The summed E-state index contributed by atoms with van der Waals surface area (Å²) in [6.45, 7) is 25.5. The van der Waals surface area contributed by atoms with E-state index in [2.05, 4.69) is 117 Å². The predicted octanol–water partition coefficient (Wildman–Crippen LogP) is 6.52. The Kier molecular flexibility index (Phi) is 14.5. The summed E-state index contributed by atoms with van der Waals surface area (Å²) >= 11 is 0. The third-order valence-corrected chi connectivity index (χ3v) is 10.0. The molecule has 0 aliphatic rings. The summed E-state index contributed by atoms with van der Waals surface area (Å²) in [5.74, 6) is 0. The minimum absolute atomic E-state index is 0.0298. The van der Waals surface area contributed by atoms with E-state index in [4.69, 9.17) is 0 Å².